The lowest BCUT2D eigenvalue weighted by molar-refractivity contribution is 0.795. The van der Waals surface area contributed by atoms with Crippen molar-refractivity contribution < 1.29 is 0 Å². The summed E-state index contributed by atoms with van der Waals surface area (Å²) in [5.74, 6) is 0. The Morgan fingerprint density at radius 1 is 0.293 bits per heavy atom. The summed E-state index contributed by atoms with van der Waals surface area (Å²) in [6, 6.07) is 75.4. The van der Waals surface area contributed by atoms with E-state index < -0.39 is 5.41 Å². The highest BCUT2D eigenvalue weighted by Crippen LogP contribution is 2.64. The van der Waals surface area contributed by atoms with E-state index in [1.165, 1.54) is 121 Å². The Morgan fingerprint density at radius 2 is 0.810 bits per heavy atom. The normalized spacial score (nSPS) is 13.7. The van der Waals surface area contributed by atoms with Gasteiger partial charge in [-0.15, -0.1) is 0 Å². The summed E-state index contributed by atoms with van der Waals surface area (Å²) in [7, 11) is 0. The smallest absolute Gasteiger partial charge is 0.0725 e. The van der Waals surface area contributed by atoms with E-state index in [4.69, 9.17) is 0 Å². The predicted molar refractivity (Wildman–Crippen MR) is 244 cm³/mol. The van der Waals surface area contributed by atoms with Crippen LogP contribution in [0, 0.1) is 0 Å². The van der Waals surface area contributed by atoms with Gasteiger partial charge in [0.1, 0.15) is 0 Å². The number of aromatic nitrogens is 1. The molecule has 2 aliphatic rings. The van der Waals surface area contributed by atoms with Crippen LogP contribution in [0.15, 0.2) is 200 Å². The Balaban J connectivity index is 1.16. The van der Waals surface area contributed by atoms with E-state index >= 15 is 0 Å². The second kappa shape index (κ2) is 10.9. The van der Waals surface area contributed by atoms with Gasteiger partial charge in [0.2, 0.25) is 0 Å². The molecular weight excluding hydrogens is 699 g/mol. The monoisotopic (exact) mass is 731 g/mol. The first-order valence-electron chi connectivity index (χ1n) is 20.4. The van der Waals surface area contributed by atoms with Gasteiger partial charge < -0.3 is 4.57 Å². The molecule has 1 nitrogen and oxygen atoms in total. The van der Waals surface area contributed by atoms with Crippen molar-refractivity contribution in [2.75, 3.05) is 0 Å². The molecule has 1 heterocycles. The number of hydrogen-bond acceptors (Lipinski definition) is 0. The topological polar surface area (TPSA) is 4.93 Å². The Kier molecular flexibility index (Phi) is 5.76. The molecular formula is C57H33N. The van der Waals surface area contributed by atoms with E-state index in [1.807, 2.05) is 0 Å². The van der Waals surface area contributed by atoms with Gasteiger partial charge in [0, 0.05) is 16.5 Å². The molecule has 1 aromatic heterocycles. The summed E-state index contributed by atoms with van der Waals surface area (Å²) >= 11 is 0. The molecule has 0 fully saturated rings. The minimum atomic E-state index is -0.421. The fourth-order valence-corrected chi connectivity index (χ4v) is 11.6. The Labute approximate surface area is 335 Å². The second-order valence-electron chi connectivity index (χ2n) is 16.3. The first-order chi connectivity index (χ1) is 28.8. The molecule has 0 saturated heterocycles. The van der Waals surface area contributed by atoms with Crippen LogP contribution in [-0.4, -0.2) is 4.57 Å². The zero-order valence-corrected chi connectivity index (χ0v) is 31.5. The molecule has 0 aliphatic heterocycles. The molecule has 1 heteroatoms. The summed E-state index contributed by atoms with van der Waals surface area (Å²) in [5, 5.41) is 13.2. The zero-order chi connectivity index (χ0) is 37.7. The van der Waals surface area contributed by atoms with Gasteiger partial charge in [0.05, 0.1) is 16.4 Å². The third-order valence-corrected chi connectivity index (χ3v) is 13.7. The molecule has 0 saturated carbocycles. The maximum atomic E-state index is 2.61. The van der Waals surface area contributed by atoms with Gasteiger partial charge in [-0.2, -0.15) is 0 Å². The number of hydrogen-bond donors (Lipinski definition) is 0. The third-order valence-electron chi connectivity index (χ3n) is 13.7. The summed E-state index contributed by atoms with van der Waals surface area (Å²) < 4.78 is 2.49. The number of nitrogens with zero attached hydrogens (tertiary/aromatic N) is 1. The van der Waals surface area contributed by atoms with Crippen molar-refractivity contribution >= 4 is 64.9 Å². The van der Waals surface area contributed by atoms with E-state index in [0.29, 0.717) is 0 Å². The largest absolute Gasteiger partial charge is 0.309 e. The zero-order valence-electron chi connectivity index (χ0n) is 31.5. The van der Waals surface area contributed by atoms with Crippen molar-refractivity contribution in [3.8, 4) is 39.1 Å². The van der Waals surface area contributed by atoms with E-state index in [9.17, 15) is 0 Å². The predicted octanol–water partition coefficient (Wildman–Crippen LogP) is 14.8. The van der Waals surface area contributed by atoms with Gasteiger partial charge in [-0.05, 0) is 129 Å². The molecule has 0 N–H and O–H groups in total. The summed E-state index contributed by atoms with van der Waals surface area (Å²) in [4.78, 5) is 0. The third kappa shape index (κ3) is 3.60. The van der Waals surface area contributed by atoms with Crippen molar-refractivity contribution in [1.29, 1.82) is 0 Å². The second-order valence-corrected chi connectivity index (χ2v) is 16.3. The van der Waals surface area contributed by atoms with Gasteiger partial charge >= 0.3 is 0 Å². The fraction of sp³-hybridized carbons (Fsp3) is 0.0175. The first kappa shape index (κ1) is 30.7. The average Bonchev–Trinajstić information content (AvgIpc) is 3.90. The van der Waals surface area contributed by atoms with E-state index in [0.717, 1.165) is 5.69 Å². The highest BCUT2D eigenvalue weighted by atomic mass is 15.0. The van der Waals surface area contributed by atoms with Crippen LogP contribution in [0.5, 0.6) is 0 Å². The fourth-order valence-electron chi connectivity index (χ4n) is 11.6. The molecule has 2 aliphatic carbocycles. The highest BCUT2D eigenvalue weighted by Gasteiger charge is 2.52. The highest BCUT2D eigenvalue weighted by molar-refractivity contribution is 6.39. The van der Waals surface area contributed by atoms with Gasteiger partial charge in [-0.1, -0.05) is 170 Å². The van der Waals surface area contributed by atoms with E-state index in [1.54, 1.807) is 0 Å². The van der Waals surface area contributed by atoms with Crippen LogP contribution < -0.4 is 0 Å². The summed E-state index contributed by atoms with van der Waals surface area (Å²) in [6.45, 7) is 0. The first-order valence-corrected chi connectivity index (χ1v) is 20.4. The standard InChI is InChI=1S/C57H33N/c1-2-14-34(15-3-1)35-28-30-36(31-29-35)58-51-27-11-7-19-42(51)56-44-23-13-21-40-39-20-12-22-43-53(39)45(46(54(40)44)33-52(56)58)32-50-55(43)41-18-6-10-26-49(41)57(50)47-24-8-4-16-37(47)38-17-5-9-25-48(38)57/h1-33H. The lowest BCUT2D eigenvalue weighted by atomic mass is 9.70. The Bertz CT molecular complexity index is 3670. The van der Waals surface area contributed by atoms with Crippen LogP contribution in [0.1, 0.15) is 22.3 Å². The van der Waals surface area contributed by atoms with Gasteiger partial charge in [0.15, 0.2) is 0 Å². The van der Waals surface area contributed by atoms with Crippen LogP contribution >= 0.6 is 0 Å². The maximum Gasteiger partial charge on any atom is 0.0725 e. The van der Waals surface area contributed by atoms with Crippen molar-refractivity contribution in [2.24, 2.45) is 0 Å². The SMILES string of the molecule is c1ccc(-c2ccc(-n3c4ccccc4c4c5cccc6c7cccc8c9c(cc(c(cc43)c65)c87)C3(c4ccccc4-c4ccccc43)c3ccccc3-9)cc2)cc1. The van der Waals surface area contributed by atoms with E-state index in [2.05, 4.69) is 205 Å². The lowest BCUT2D eigenvalue weighted by Gasteiger charge is -2.31. The number of rotatable bonds is 2. The molecule has 0 amide bonds. The minimum absolute atomic E-state index is 0.421. The quantitative estimate of drug-likeness (QED) is 0.123. The van der Waals surface area contributed by atoms with Gasteiger partial charge in [-0.3, -0.25) is 0 Å². The van der Waals surface area contributed by atoms with Crippen LogP contribution in [0.4, 0.5) is 0 Å². The van der Waals surface area contributed by atoms with Crippen molar-refractivity contribution in [3.05, 3.63) is 222 Å². The molecule has 0 atom stereocenters. The summed E-state index contributed by atoms with van der Waals surface area (Å²) in [5.41, 5.74) is 16.5. The molecule has 266 valence electrons. The summed E-state index contributed by atoms with van der Waals surface area (Å²) in [6.07, 6.45) is 0. The minimum Gasteiger partial charge on any atom is -0.309 e. The molecule has 11 aromatic carbocycles. The van der Waals surface area contributed by atoms with Crippen molar-refractivity contribution in [1.82, 2.24) is 4.57 Å². The molecule has 14 rings (SSSR count). The lowest BCUT2D eigenvalue weighted by Crippen LogP contribution is -2.25. The molecule has 0 radical (unpaired) electrons. The van der Waals surface area contributed by atoms with Crippen LogP contribution in [0.3, 0.4) is 0 Å². The average molecular weight is 732 g/mol. The van der Waals surface area contributed by atoms with Crippen LogP contribution in [-0.2, 0) is 5.41 Å². The Morgan fingerprint density at radius 3 is 1.53 bits per heavy atom. The molecule has 58 heavy (non-hydrogen) atoms. The molecule has 0 unspecified atom stereocenters. The van der Waals surface area contributed by atoms with Crippen LogP contribution in [0.25, 0.3) is 104 Å². The number of benzene rings is 11. The number of para-hydroxylation sites is 1. The molecule has 1 spiro atoms. The molecule has 0 bridgehead atoms. The molecule has 12 aromatic rings. The van der Waals surface area contributed by atoms with Crippen molar-refractivity contribution in [2.45, 2.75) is 5.41 Å². The van der Waals surface area contributed by atoms with Gasteiger partial charge in [0.25, 0.3) is 0 Å². The van der Waals surface area contributed by atoms with Crippen LogP contribution in [0.2, 0.25) is 0 Å². The Hall–Kier alpha value is -7.48. The van der Waals surface area contributed by atoms with Crippen molar-refractivity contribution in [3.63, 3.8) is 0 Å². The maximum absolute atomic E-state index is 2.61. The van der Waals surface area contributed by atoms with Gasteiger partial charge in [-0.25, -0.2) is 0 Å². The van der Waals surface area contributed by atoms with E-state index in [-0.39, 0.29) is 0 Å². The number of fused-ring (bicyclic) bond motifs is 17.